The second kappa shape index (κ2) is 4.39. The number of rotatable bonds is 2. The van der Waals surface area contributed by atoms with Crippen LogP contribution in [0.4, 0.5) is 13.2 Å². The number of aromatic nitrogens is 2. The van der Waals surface area contributed by atoms with Crippen molar-refractivity contribution in [1.82, 2.24) is 14.9 Å². The van der Waals surface area contributed by atoms with Gasteiger partial charge in [-0.2, -0.15) is 13.2 Å². The molecule has 1 N–H and O–H groups in total. The maximum atomic E-state index is 12.2. The predicted octanol–water partition coefficient (Wildman–Crippen LogP) is 1.72. The fourth-order valence-corrected chi connectivity index (χ4v) is 2.23. The monoisotopic (exact) mass is 285 g/mol. The molecule has 0 radical (unpaired) electrons. The summed E-state index contributed by atoms with van der Waals surface area (Å²) in [5.41, 5.74) is 1.04. The van der Waals surface area contributed by atoms with Gasteiger partial charge in [-0.15, -0.1) is 0 Å². The summed E-state index contributed by atoms with van der Waals surface area (Å²) < 4.78 is 43.1. The number of nitrogens with one attached hydrogen (secondary N) is 1. The normalized spacial score (nSPS) is 15.1. The van der Waals surface area contributed by atoms with Gasteiger partial charge in [0, 0.05) is 19.3 Å². The largest absolute Gasteiger partial charge is 0.468 e. The molecule has 0 aliphatic carbocycles. The molecule has 3 rings (SSSR count). The smallest absolute Gasteiger partial charge is 0.422 e. The molecule has 2 aromatic heterocycles. The quantitative estimate of drug-likeness (QED) is 0.914. The number of amides is 1. The summed E-state index contributed by atoms with van der Waals surface area (Å²) in [6.45, 7) is -0.365. The third kappa shape index (κ3) is 2.17. The molecule has 1 aliphatic heterocycles. The first-order valence-electron chi connectivity index (χ1n) is 5.92. The fourth-order valence-electron chi connectivity index (χ4n) is 2.23. The number of pyridine rings is 1. The highest BCUT2D eigenvalue weighted by molar-refractivity contribution is 6.00. The maximum Gasteiger partial charge on any atom is 0.422 e. The average Bonchev–Trinajstić information content (AvgIpc) is 2.76. The van der Waals surface area contributed by atoms with Crippen LogP contribution in [0.5, 0.6) is 5.88 Å². The minimum atomic E-state index is -4.43. The number of carbonyl (C=O) groups is 1. The zero-order valence-corrected chi connectivity index (χ0v) is 10.2. The van der Waals surface area contributed by atoms with Crippen molar-refractivity contribution in [3.8, 4) is 5.88 Å². The Morgan fingerprint density at radius 3 is 3.00 bits per heavy atom. The molecule has 8 heteroatoms. The number of hydrogen-bond acceptors (Lipinski definition) is 3. The van der Waals surface area contributed by atoms with Crippen molar-refractivity contribution in [2.45, 2.75) is 12.7 Å². The molecule has 0 spiro atoms. The first-order valence-corrected chi connectivity index (χ1v) is 5.92. The van der Waals surface area contributed by atoms with Crippen LogP contribution in [0.25, 0.3) is 10.9 Å². The number of hydrogen-bond donors (Lipinski definition) is 1. The first-order chi connectivity index (χ1) is 9.46. The van der Waals surface area contributed by atoms with Crippen molar-refractivity contribution < 1.29 is 22.7 Å². The van der Waals surface area contributed by atoms with Gasteiger partial charge in [0.25, 0.3) is 5.91 Å². The van der Waals surface area contributed by atoms with Crippen molar-refractivity contribution in [3.05, 3.63) is 24.0 Å². The lowest BCUT2D eigenvalue weighted by molar-refractivity contribution is -0.153. The first kappa shape index (κ1) is 12.8. The standard InChI is InChI=1S/C12H10F3N3O2/c13-12(14,15)6-20-11-7-5-9-10(19)16-3-4-18(9)8(7)1-2-17-11/h1-2,5H,3-4,6H2,(H,16,19). The second-order valence-electron chi connectivity index (χ2n) is 4.39. The Labute approximate surface area is 111 Å². The van der Waals surface area contributed by atoms with Crippen LogP contribution in [-0.2, 0) is 6.54 Å². The summed E-state index contributed by atoms with van der Waals surface area (Å²) >= 11 is 0. The van der Waals surface area contributed by atoms with Gasteiger partial charge in [0.2, 0.25) is 5.88 Å². The molecule has 0 atom stereocenters. The summed E-state index contributed by atoms with van der Waals surface area (Å²) in [6, 6.07) is 3.15. The van der Waals surface area contributed by atoms with E-state index in [-0.39, 0.29) is 11.8 Å². The number of carbonyl (C=O) groups excluding carboxylic acids is 1. The molecule has 0 bridgehead atoms. The summed E-state index contributed by atoms with van der Waals surface area (Å²) in [5.74, 6) is -0.372. The van der Waals surface area contributed by atoms with E-state index in [1.165, 1.54) is 12.3 Å². The molecule has 2 aromatic rings. The predicted molar refractivity (Wildman–Crippen MR) is 63.6 cm³/mol. The topological polar surface area (TPSA) is 56.2 Å². The molecule has 0 fully saturated rings. The van der Waals surface area contributed by atoms with Gasteiger partial charge >= 0.3 is 6.18 Å². The number of alkyl halides is 3. The molecule has 1 amide bonds. The molecule has 0 saturated carbocycles. The van der Waals surface area contributed by atoms with Crippen molar-refractivity contribution in [3.63, 3.8) is 0 Å². The zero-order valence-electron chi connectivity index (χ0n) is 10.2. The molecule has 0 saturated heterocycles. The molecule has 106 valence electrons. The van der Waals surface area contributed by atoms with E-state index in [0.717, 1.165) is 0 Å². The van der Waals surface area contributed by atoms with Gasteiger partial charge < -0.3 is 14.6 Å². The number of fused-ring (bicyclic) bond motifs is 3. The molecular formula is C12H10F3N3O2. The van der Waals surface area contributed by atoms with E-state index < -0.39 is 12.8 Å². The maximum absolute atomic E-state index is 12.2. The molecule has 5 nitrogen and oxygen atoms in total. The number of nitrogens with zero attached hydrogens (tertiary/aromatic N) is 2. The Hall–Kier alpha value is -2.25. The molecular weight excluding hydrogens is 275 g/mol. The lowest BCUT2D eigenvalue weighted by Crippen LogP contribution is -2.34. The molecule has 20 heavy (non-hydrogen) atoms. The van der Waals surface area contributed by atoms with E-state index >= 15 is 0 Å². The van der Waals surface area contributed by atoms with Gasteiger partial charge in [-0.3, -0.25) is 4.79 Å². The van der Waals surface area contributed by atoms with E-state index in [2.05, 4.69) is 10.3 Å². The molecule has 0 aromatic carbocycles. The molecule has 3 heterocycles. The zero-order chi connectivity index (χ0) is 14.3. The van der Waals surface area contributed by atoms with Crippen molar-refractivity contribution in [2.75, 3.05) is 13.2 Å². The minimum Gasteiger partial charge on any atom is -0.468 e. The number of ether oxygens (including phenoxy) is 1. The van der Waals surface area contributed by atoms with Gasteiger partial charge in [-0.1, -0.05) is 0 Å². The Morgan fingerprint density at radius 1 is 1.45 bits per heavy atom. The molecule has 1 aliphatic rings. The highest BCUT2D eigenvalue weighted by atomic mass is 19.4. The average molecular weight is 285 g/mol. The summed E-state index contributed by atoms with van der Waals surface area (Å²) in [5, 5.41) is 3.08. The SMILES string of the molecule is O=C1NCCn2c1cc1c(OCC(F)(F)F)nccc12. The van der Waals surface area contributed by atoms with Crippen LogP contribution >= 0.6 is 0 Å². The van der Waals surface area contributed by atoms with Gasteiger partial charge in [0.15, 0.2) is 6.61 Å². The van der Waals surface area contributed by atoms with Gasteiger partial charge in [-0.05, 0) is 12.1 Å². The lowest BCUT2D eigenvalue weighted by atomic mass is 10.3. The Morgan fingerprint density at radius 2 is 2.25 bits per heavy atom. The van der Waals surface area contributed by atoms with Crippen LogP contribution in [0.2, 0.25) is 0 Å². The Kier molecular flexibility index (Phi) is 2.81. The van der Waals surface area contributed by atoms with Crippen LogP contribution in [0.15, 0.2) is 18.3 Å². The van der Waals surface area contributed by atoms with Crippen LogP contribution in [0.1, 0.15) is 10.5 Å². The van der Waals surface area contributed by atoms with E-state index in [4.69, 9.17) is 4.74 Å². The second-order valence-corrected chi connectivity index (χ2v) is 4.39. The van der Waals surface area contributed by atoms with E-state index in [0.29, 0.717) is 29.7 Å². The van der Waals surface area contributed by atoms with Crippen LogP contribution in [0.3, 0.4) is 0 Å². The van der Waals surface area contributed by atoms with Crippen molar-refractivity contribution in [1.29, 1.82) is 0 Å². The van der Waals surface area contributed by atoms with E-state index in [1.54, 1.807) is 10.6 Å². The van der Waals surface area contributed by atoms with E-state index in [1.807, 2.05) is 0 Å². The third-order valence-corrected chi connectivity index (χ3v) is 3.02. The highest BCUT2D eigenvalue weighted by Gasteiger charge is 2.29. The lowest BCUT2D eigenvalue weighted by Gasteiger charge is -2.16. The van der Waals surface area contributed by atoms with Crippen molar-refractivity contribution in [2.24, 2.45) is 0 Å². The summed E-state index contributed by atoms with van der Waals surface area (Å²) in [7, 11) is 0. The summed E-state index contributed by atoms with van der Waals surface area (Å²) in [6.07, 6.45) is -3.06. The van der Waals surface area contributed by atoms with Gasteiger partial charge in [0.05, 0.1) is 10.9 Å². The van der Waals surface area contributed by atoms with Gasteiger partial charge in [0.1, 0.15) is 5.69 Å². The summed E-state index contributed by atoms with van der Waals surface area (Å²) in [4.78, 5) is 15.5. The molecule has 0 unspecified atom stereocenters. The third-order valence-electron chi connectivity index (χ3n) is 3.02. The Bertz CT molecular complexity index is 678. The van der Waals surface area contributed by atoms with Gasteiger partial charge in [-0.25, -0.2) is 4.98 Å². The van der Waals surface area contributed by atoms with Crippen LogP contribution in [-0.4, -0.2) is 34.8 Å². The van der Waals surface area contributed by atoms with Crippen LogP contribution < -0.4 is 10.1 Å². The fraction of sp³-hybridized carbons (Fsp3) is 0.333. The highest BCUT2D eigenvalue weighted by Crippen LogP contribution is 2.29. The Balaban J connectivity index is 2.04. The van der Waals surface area contributed by atoms with Crippen LogP contribution in [0, 0.1) is 0 Å². The minimum absolute atomic E-state index is 0.116. The van der Waals surface area contributed by atoms with Crippen molar-refractivity contribution >= 4 is 16.8 Å². The number of halogens is 3. The van der Waals surface area contributed by atoms with E-state index in [9.17, 15) is 18.0 Å².